The monoisotopic (exact) mass is 316 g/mol. The molecule has 22 heavy (non-hydrogen) atoms. The summed E-state index contributed by atoms with van der Waals surface area (Å²) < 4.78 is 0. The van der Waals surface area contributed by atoms with Gasteiger partial charge in [0.2, 0.25) is 5.91 Å². The van der Waals surface area contributed by atoms with E-state index in [2.05, 4.69) is 36.6 Å². The molecule has 3 nitrogen and oxygen atoms in total. The normalized spacial score (nSPS) is 10.3. The predicted octanol–water partition coefficient (Wildman–Crippen LogP) is 3.73. The van der Waals surface area contributed by atoms with Crippen molar-refractivity contribution in [3.05, 3.63) is 64.2 Å². The summed E-state index contributed by atoms with van der Waals surface area (Å²) in [6, 6.07) is 13.8. The Kier molecular flexibility index (Phi) is 5.84. The number of hydrogen-bond donors (Lipinski definition) is 2. The second kappa shape index (κ2) is 7.85. The average Bonchev–Trinajstić information content (AvgIpc) is 2.48. The van der Waals surface area contributed by atoms with Gasteiger partial charge in [0.15, 0.2) is 0 Å². The Hall–Kier alpha value is -2.00. The maximum absolute atomic E-state index is 11.8. The van der Waals surface area contributed by atoms with E-state index in [9.17, 15) is 4.79 Å². The number of nitrogens with one attached hydrogen (secondary N) is 2. The number of carbonyl (C=O) groups excluding carboxylic acids is 1. The maximum atomic E-state index is 11.8. The van der Waals surface area contributed by atoms with E-state index < -0.39 is 0 Å². The van der Waals surface area contributed by atoms with Gasteiger partial charge >= 0.3 is 0 Å². The molecule has 0 atom stereocenters. The average molecular weight is 317 g/mol. The van der Waals surface area contributed by atoms with E-state index in [4.69, 9.17) is 11.6 Å². The minimum absolute atomic E-state index is 0.0137. The summed E-state index contributed by atoms with van der Waals surface area (Å²) in [5, 5.41) is 6.76. The zero-order chi connectivity index (χ0) is 15.9. The Morgan fingerprint density at radius 1 is 1.09 bits per heavy atom. The van der Waals surface area contributed by atoms with Gasteiger partial charge in [-0.2, -0.15) is 0 Å². The Bertz CT molecular complexity index is 655. The number of halogens is 1. The van der Waals surface area contributed by atoms with E-state index in [0.29, 0.717) is 6.54 Å². The van der Waals surface area contributed by atoms with Crippen molar-refractivity contribution in [3.8, 4) is 0 Å². The van der Waals surface area contributed by atoms with Gasteiger partial charge in [0, 0.05) is 17.3 Å². The van der Waals surface area contributed by atoms with Gasteiger partial charge in [0.05, 0.1) is 6.54 Å². The highest BCUT2D eigenvalue weighted by Crippen LogP contribution is 2.13. The molecule has 2 N–H and O–H groups in total. The van der Waals surface area contributed by atoms with E-state index in [1.165, 1.54) is 11.1 Å². The lowest BCUT2D eigenvalue weighted by Gasteiger charge is -2.09. The number of amides is 1. The Morgan fingerprint density at radius 3 is 2.64 bits per heavy atom. The second-order valence-corrected chi connectivity index (χ2v) is 5.82. The summed E-state index contributed by atoms with van der Waals surface area (Å²) in [7, 11) is 0. The summed E-state index contributed by atoms with van der Waals surface area (Å²) in [5.74, 6) is -0.0137. The summed E-state index contributed by atoms with van der Waals surface area (Å²) in [6.07, 6.45) is 0.774. The molecule has 0 fully saturated rings. The lowest BCUT2D eigenvalue weighted by Crippen LogP contribution is -2.31. The van der Waals surface area contributed by atoms with Crippen LogP contribution in [-0.4, -0.2) is 19.0 Å². The standard InChI is InChI=1S/C18H21ClN2O/c1-13-6-7-17(10-14(13)2)21-12-18(22)20-9-8-15-4-3-5-16(19)11-15/h3-7,10-11,21H,8-9,12H2,1-2H3,(H,20,22). The molecule has 0 aliphatic rings. The third-order valence-electron chi connectivity index (χ3n) is 3.58. The van der Waals surface area contributed by atoms with E-state index in [-0.39, 0.29) is 12.5 Å². The van der Waals surface area contributed by atoms with E-state index >= 15 is 0 Å². The van der Waals surface area contributed by atoms with E-state index in [0.717, 1.165) is 22.7 Å². The van der Waals surface area contributed by atoms with Gasteiger partial charge in [-0.25, -0.2) is 0 Å². The molecule has 4 heteroatoms. The van der Waals surface area contributed by atoms with Crippen LogP contribution in [0.25, 0.3) is 0 Å². The predicted molar refractivity (Wildman–Crippen MR) is 92.6 cm³/mol. The van der Waals surface area contributed by atoms with Crippen LogP contribution in [-0.2, 0) is 11.2 Å². The molecule has 0 saturated carbocycles. The van der Waals surface area contributed by atoms with Crippen molar-refractivity contribution >= 4 is 23.2 Å². The van der Waals surface area contributed by atoms with E-state index in [1.807, 2.05) is 30.3 Å². The molecule has 0 aliphatic carbocycles. The molecule has 2 aromatic carbocycles. The first kappa shape index (κ1) is 16.4. The molecular weight excluding hydrogens is 296 g/mol. The van der Waals surface area contributed by atoms with Crippen LogP contribution < -0.4 is 10.6 Å². The van der Waals surface area contributed by atoms with Crippen molar-refractivity contribution in [2.24, 2.45) is 0 Å². The highest BCUT2D eigenvalue weighted by atomic mass is 35.5. The van der Waals surface area contributed by atoms with Crippen molar-refractivity contribution in [3.63, 3.8) is 0 Å². The molecule has 1 amide bonds. The minimum atomic E-state index is -0.0137. The van der Waals surface area contributed by atoms with Crippen LogP contribution in [0.2, 0.25) is 5.02 Å². The molecule has 0 bridgehead atoms. The lowest BCUT2D eigenvalue weighted by molar-refractivity contribution is -0.119. The molecule has 0 aromatic heterocycles. The number of hydrogen-bond acceptors (Lipinski definition) is 2. The van der Waals surface area contributed by atoms with Crippen molar-refractivity contribution in [2.45, 2.75) is 20.3 Å². The maximum Gasteiger partial charge on any atom is 0.239 e. The van der Waals surface area contributed by atoms with Crippen molar-refractivity contribution in [1.82, 2.24) is 5.32 Å². The molecule has 2 aromatic rings. The Balaban J connectivity index is 1.72. The van der Waals surface area contributed by atoms with Crippen LogP contribution in [0.1, 0.15) is 16.7 Å². The summed E-state index contributed by atoms with van der Waals surface area (Å²) in [6.45, 7) is 5.01. The molecule has 2 rings (SSSR count). The minimum Gasteiger partial charge on any atom is -0.376 e. The zero-order valence-corrected chi connectivity index (χ0v) is 13.7. The van der Waals surface area contributed by atoms with Gasteiger partial charge in [-0.05, 0) is 61.2 Å². The van der Waals surface area contributed by atoms with Crippen LogP contribution >= 0.6 is 11.6 Å². The summed E-state index contributed by atoms with van der Waals surface area (Å²) in [5.41, 5.74) is 4.55. The van der Waals surface area contributed by atoms with Crippen LogP contribution in [0.15, 0.2) is 42.5 Å². The largest absolute Gasteiger partial charge is 0.376 e. The van der Waals surface area contributed by atoms with Gasteiger partial charge in [-0.15, -0.1) is 0 Å². The van der Waals surface area contributed by atoms with E-state index in [1.54, 1.807) is 0 Å². The first-order valence-electron chi connectivity index (χ1n) is 7.37. The van der Waals surface area contributed by atoms with Crippen molar-refractivity contribution < 1.29 is 4.79 Å². The fraction of sp³-hybridized carbons (Fsp3) is 0.278. The van der Waals surface area contributed by atoms with Gasteiger partial charge in [0.1, 0.15) is 0 Å². The van der Waals surface area contributed by atoms with Crippen LogP contribution in [0.4, 0.5) is 5.69 Å². The zero-order valence-electron chi connectivity index (χ0n) is 12.9. The number of benzene rings is 2. The SMILES string of the molecule is Cc1ccc(NCC(=O)NCCc2cccc(Cl)c2)cc1C. The molecule has 0 saturated heterocycles. The molecule has 0 aliphatic heterocycles. The van der Waals surface area contributed by atoms with Crippen LogP contribution in [0, 0.1) is 13.8 Å². The summed E-state index contributed by atoms with van der Waals surface area (Å²) >= 11 is 5.93. The molecular formula is C18H21ClN2O. The lowest BCUT2D eigenvalue weighted by atomic mass is 10.1. The Labute approximate surface area is 136 Å². The number of rotatable bonds is 6. The number of aryl methyl sites for hydroxylation is 2. The Morgan fingerprint density at radius 2 is 1.91 bits per heavy atom. The fourth-order valence-corrected chi connectivity index (χ4v) is 2.35. The molecule has 0 radical (unpaired) electrons. The molecule has 116 valence electrons. The first-order chi connectivity index (χ1) is 10.5. The number of carbonyl (C=O) groups is 1. The first-order valence-corrected chi connectivity index (χ1v) is 7.74. The van der Waals surface area contributed by atoms with Crippen LogP contribution in [0.5, 0.6) is 0 Å². The number of anilines is 1. The third-order valence-corrected chi connectivity index (χ3v) is 3.82. The van der Waals surface area contributed by atoms with Gasteiger partial charge < -0.3 is 10.6 Å². The van der Waals surface area contributed by atoms with Gasteiger partial charge in [0.25, 0.3) is 0 Å². The second-order valence-electron chi connectivity index (χ2n) is 5.38. The quantitative estimate of drug-likeness (QED) is 0.852. The highest BCUT2D eigenvalue weighted by Gasteiger charge is 2.02. The molecule has 0 spiro atoms. The van der Waals surface area contributed by atoms with Gasteiger partial charge in [-0.3, -0.25) is 4.79 Å². The highest BCUT2D eigenvalue weighted by molar-refractivity contribution is 6.30. The third kappa shape index (κ3) is 5.08. The van der Waals surface area contributed by atoms with Crippen molar-refractivity contribution in [2.75, 3.05) is 18.4 Å². The summed E-state index contributed by atoms with van der Waals surface area (Å²) in [4.78, 5) is 11.8. The van der Waals surface area contributed by atoms with Crippen molar-refractivity contribution in [1.29, 1.82) is 0 Å². The topological polar surface area (TPSA) is 41.1 Å². The smallest absolute Gasteiger partial charge is 0.239 e. The fourth-order valence-electron chi connectivity index (χ4n) is 2.13. The van der Waals surface area contributed by atoms with Crippen LogP contribution in [0.3, 0.4) is 0 Å². The molecule has 0 heterocycles. The van der Waals surface area contributed by atoms with Gasteiger partial charge in [-0.1, -0.05) is 29.8 Å². The molecule has 0 unspecified atom stereocenters.